The van der Waals surface area contributed by atoms with E-state index in [-0.39, 0.29) is 96.7 Å². The number of urea groups is 1. The molecule has 13 N–H and O–H groups in total. The molecule has 1 unspecified atom stereocenters. The minimum absolute atomic E-state index is 0.0197. The minimum Gasteiger partial charge on any atom is -0.481 e. The summed E-state index contributed by atoms with van der Waals surface area (Å²) >= 11 is 0. The molecule has 1 aromatic heterocycles. The number of nitrogens with one attached hydrogen (secondary N) is 5. The second kappa shape index (κ2) is 34.6. The van der Waals surface area contributed by atoms with E-state index < -0.39 is 72.7 Å². The van der Waals surface area contributed by atoms with E-state index in [2.05, 4.69) is 41.5 Å². The molecule has 3 amide bonds. The van der Waals surface area contributed by atoms with E-state index in [1.807, 2.05) is 24.3 Å². The molecule has 1 fully saturated rings. The van der Waals surface area contributed by atoms with Crippen molar-refractivity contribution in [2.75, 3.05) is 115 Å². The molecule has 29 nitrogen and oxygen atoms in total. The molecule has 0 radical (unpaired) electrons. The first-order valence-electron chi connectivity index (χ1n) is 25.5. The maximum atomic E-state index is 12.4. The highest BCUT2D eigenvalue weighted by Crippen LogP contribution is 2.20. The predicted octanol–water partition coefficient (Wildman–Crippen LogP) is -0.512. The van der Waals surface area contributed by atoms with Crippen molar-refractivity contribution in [1.82, 2.24) is 50.5 Å². The van der Waals surface area contributed by atoms with Gasteiger partial charge in [0.1, 0.15) is 12.1 Å². The Morgan fingerprint density at radius 1 is 0.610 bits per heavy atom. The Morgan fingerprint density at radius 3 is 1.78 bits per heavy atom. The summed E-state index contributed by atoms with van der Waals surface area (Å²) in [5.41, 5.74) is 1.46. The van der Waals surface area contributed by atoms with E-state index in [1.165, 1.54) is 0 Å². The number of unbranched alkanes of at least 4 members (excludes halogenated alkanes) is 5. The summed E-state index contributed by atoms with van der Waals surface area (Å²) in [6.07, 6.45) is 2.91. The highest BCUT2D eigenvalue weighted by molar-refractivity contribution is 5.86. The van der Waals surface area contributed by atoms with Gasteiger partial charge in [0.05, 0.1) is 19.6 Å². The third kappa shape index (κ3) is 27.5. The number of nitrogens with zero attached hydrogens (tertiary/aromatic N) is 8. The van der Waals surface area contributed by atoms with Crippen LogP contribution in [0.2, 0.25) is 0 Å². The number of anilines is 4. The van der Waals surface area contributed by atoms with Gasteiger partial charge in [0, 0.05) is 104 Å². The van der Waals surface area contributed by atoms with Crippen LogP contribution in [0.4, 0.5) is 28.3 Å². The van der Waals surface area contributed by atoms with Crippen molar-refractivity contribution in [2.45, 2.75) is 101 Å². The first-order valence-corrected chi connectivity index (χ1v) is 25.5. The summed E-state index contributed by atoms with van der Waals surface area (Å²) in [5.74, 6) is -6.39. The summed E-state index contributed by atoms with van der Waals surface area (Å²) in [6, 6.07) is 2.96. The number of aliphatic carboxylic acids is 6. The van der Waals surface area contributed by atoms with Crippen molar-refractivity contribution in [3.05, 3.63) is 29.8 Å². The van der Waals surface area contributed by atoms with Gasteiger partial charge in [0.25, 0.3) is 0 Å². The van der Waals surface area contributed by atoms with E-state index in [1.54, 1.807) is 38.6 Å². The second-order valence-corrected chi connectivity index (χ2v) is 18.9. The van der Waals surface area contributed by atoms with Crippen LogP contribution in [-0.4, -0.2) is 247 Å². The average molecular weight is 1090 g/mol. The number of rotatable bonds is 34. The number of aromatic nitrogens is 3. The van der Waals surface area contributed by atoms with Crippen LogP contribution in [0.5, 0.6) is 0 Å². The van der Waals surface area contributed by atoms with Crippen LogP contribution in [0.25, 0.3) is 0 Å². The molecule has 1 aliphatic rings. The third-order valence-electron chi connectivity index (χ3n) is 12.3. The lowest BCUT2D eigenvalue weighted by Gasteiger charge is -2.38. The quantitative estimate of drug-likeness (QED) is 0.0310. The number of amides is 3. The summed E-state index contributed by atoms with van der Waals surface area (Å²) in [4.78, 5) is 116. The molecule has 0 aliphatic carbocycles. The van der Waals surface area contributed by atoms with E-state index in [9.17, 15) is 74.1 Å². The lowest BCUT2D eigenvalue weighted by Crippen LogP contribution is -2.53. The molecule has 3 atom stereocenters. The topological polar surface area (TPSA) is 413 Å². The highest BCUT2D eigenvalue weighted by Gasteiger charge is 2.28. The second-order valence-electron chi connectivity index (χ2n) is 18.9. The van der Waals surface area contributed by atoms with E-state index >= 15 is 0 Å². The Hall–Kier alpha value is -7.05. The summed E-state index contributed by atoms with van der Waals surface area (Å²) in [5, 5.41) is 89.9. The molecule has 0 spiro atoms. The fourth-order valence-electron chi connectivity index (χ4n) is 8.32. The number of aliphatic hydroxyl groups excluding tert-OH is 1. The lowest BCUT2D eigenvalue weighted by atomic mass is 10.0. The fraction of sp³-hybridized carbons (Fsp3) is 0.646. The van der Waals surface area contributed by atoms with Crippen molar-refractivity contribution >= 4 is 71.3 Å². The number of aliphatic hydroxyl groups is 2. The molecule has 29 heteroatoms. The minimum atomic E-state index is -1.67. The maximum Gasteiger partial charge on any atom is 0.326 e. The Bertz CT molecular complexity index is 2210. The first-order chi connectivity index (χ1) is 36.6. The van der Waals surface area contributed by atoms with Crippen LogP contribution < -0.4 is 31.5 Å². The average Bonchev–Trinajstić information content (AvgIpc) is 3.34. The van der Waals surface area contributed by atoms with Gasteiger partial charge in [-0.25, -0.2) is 14.4 Å². The first kappa shape index (κ1) is 64.2. The van der Waals surface area contributed by atoms with E-state index in [4.69, 9.17) is 5.11 Å². The molecule has 2 aromatic rings. The molecule has 2 heterocycles. The van der Waals surface area contributed by atoms with Crippen LogP contribution in [0.3, 0.4) is 0 Å². The van der Waals surface area contributed by atoms with Gasteiger partial charge >= 0.3 is 41.8 Å². The molecule has 77 heavy (non-hydrogen) atoms. The number of carboxylic acids is 6. The normalized spacial score (nSPS) is 16.0. The van der Waals surface area contributed by atoms with Crippen LogP contribution in [0, 0.1) is 0 Å². The molecule has 1 aromatic carbocycles. The van der Waals surface area contributed by atoms with Crippen molar-refractivity contribution in [3.8, 4) is 0 Å². The Morgan fingerprint density at radius 2 is 1.17 bits per heavy atom. The molecular weight excluding hydrogens is 1010 g/mol. The van der Waals surface area contributed by atoms with Gasteiger partial charge < -0.3 is 72.3 Å². The fourth-order valence-corrected chi connectivity index (χ4v) is 8.32. The maximum absolute atomic E-state index is 12.4. The number of β-amino-alcohol motifs (C(OH)–C–C–N with tert-alkyl or cyclic N) is 2. The number of hydrogen-bond donors (Lipinski definition) is 13. The molecule has 0 bridgehead atoms. The molecular formula is C48H77N13O16. The zero-order chi connectivity index (χ0) is 56.9. The number of carbonyl (C=O) groups excluding carboxylic acids is 2. The Labute approximate surface area is 446 Å². The number of hydrogen-bond acceptors (Lipinski definition) is 20. The van der Waals surface area contributed by atoms with Gasteiger partial charge in [-0.2, -0.15) is 15.0 Å². The van der Waals surface area contributed by atoms with Gasteiger partial charge in [-0.05, 0) is 62.6 Å². The zero-order valence-electron chi connectivity index (χ0n) is 43.7. The van der Waals surface area contributed by atoms with E-state index in [0.29, 0.717) is 62.8 Å². The molecule has 1 aliphatic heterocycles. The smallest absolute Gasteiger partial charge is 0.326 e. The summed E-state index contributed by atoms with van der Waals surface area (Å²) < 4.78 is 0. The molecule has 3 rings (SSSR count). The van der Waals surface area contributed by atoms with Gasteiger partial charge in [0.15, 0.2) is 6.29 Å². The standard InChI is InChI=1S/C48H77N13O16/c1-57(2)47-55-45(50-19-8-5-3-4-6-11-37(62)49-18-9-7-10-35(43(73)74)52-48(77)53-36(44(75)76)16-17-38(63)64)54-46(56-47)51-33-14-12-32(13-15-33)26-34-27-60(30-41(69)70)23-22-58(28-39(65)66)20-21-59(29-40(67)68)24-25-61(34)31-42(71)72/h12-15,34-36,40,67-68H,3-11,16-31H2,1-2H3,(H,49,62)(H,63,64)(H,65,66)(H,69,70)(H,71,72)(H,73,74)(H,75,76)(H2,52,53,77)(H2,50,51,54,55,56)/t34?,35-,36-/m0/s1. The number of benzene rings is 1. The van der Waals surface area contributed by atoms with Crippen LogP contribution in [-0.2, 0) is 40.0 Å². The van der Waals surface area contributed by atoms with Crippen molar-refractivity contribution in [2.24, 2.45) is 0 Å². The Kier molecular flexibility index (Phi) is 28.8. The van der Waals surface area contributed by atoms with Crippen molar-refractivity contribution < 1.29 is 79.2 Å². The van der Waals surface area contributed by atoms with Gasteiger partial charge in [-0.3, -0.25) is 43.6 Å². The Balaban J connectivity index is 1.50. The number of carbonyl (C=O) groups is 8. The highest BCUT2D eigenvalue weighted by atomic mass is 16.5. The van der Waals surface area contributed by atoms with Gasteiger partial charge in [-0.1, -0.05) is 31.4 Å². The lowest BCUT2D eigenvalue weighted by molar-refractivity contribution is -0.141. The summed E-state index contributed by atoms with van der Waals surface area (Å²) in [6.45, 7) is 1.20. The predicted molar refractivity (Wildman–Crippen MR) is 278 cm³/mol. The van der Waals surface area contributed by atoms with Gasteiger partial charge in [-0.15, -0.1) is 0 Å². The molecule has 1 saturated heterocycles. The van der Waals surface area contributed by atoms with Crippen molar-refractivity contribution in [3.63, 3.8) is 0 Å². The number of carboxylic acid groups (broad SMARTS) is 6. The SMILES string of the molecule is CN(C)c1nc(NCCCCCCCC(=O)NCCCC[C@H](NC(=O)N[C@@H](CCC(=O)O)C(=O)O)C(=O)O)nc(Nc2ccc(CC3CN(CC(=O)O)CCN(CC(=O)O)CCN(CC(O)O)CCN3CC(=O)O)cc2)n1. The largest absolute Gasteiger partial charge is 0.481 e. The van der Waals surface area contributed by atoms with Crippen molar-refractivity contribution in [1.29, 1.82) is 0 Å². The van der Waals surface area contributed by atoms with E-state index in [0.717, 1.165) is 31.2 Å². The third-order valence-corrected chi connectivity index (χ3v) is 12.3. The zero-order valence-corrected chi connectivity index (χ0v) is 43.7. The monoisotopic (exact) mass is 1090 g/mol. The molecule has 430 valence electrons. The molecule has 0 saturated carbocycles. The van der Waals surface area contributed by atoms with Crippen LogP contribution in [0.1, 0.15) is 76.2 Å². The van der Waals surface area contributed by atoms with Crippen LogP contribution in [0.15, 0.2) is 24.3 Å². The van der Waals surface area contributed by atoms with Gasteiger partial charge in [0.2, 0.25) is 23.8 Å². The van der Waals surface area contributed by atoms with Crippen LogP contribution >= 0.6 is 0 Å². The summed E-state index contributed by atoms with van der Waals surface area (Å²) in [7, 11) is 3.59.